The molecule has 0 radical (unpaired) electrons. The van der Waals surface area contributed by atoms with Crippen molar-refractivity contribution in [3.05, 3.63) is 35.9 Å². The molecule has 0 amide bonds. The second-order valence-corrected chi connectivity index (χ2v) is 6.77. The molecule has 1 aromatic carbocycles. The Labute approximate surface area is 122 Å². The van der Waals surface area contributed by atoms with Gasteiger partial charge < -0.3 is 4.74 Å². The van der Waals surface area contributed by atoms with Crippen molar-refractivity contribution in [2.75, 3.05) is 7.11 Å². The number of hydrogen-bond acceptors (Lipinski definition) is 2. The van der Waals surface area contributed by atoms with E-state index in [1.165, 1.54) is 5.56 Å². The highest BCUT2D eigenvalue weighted by atomic mass is 16.5. The summed E-state index contributed by atoms with van der Waals surface area (Å²) in [6, 6.07) is 10.2. The Balaban J connectivity index is 1.96. The molecule has 0 spiro atoms. The van der Waals surface area contributed by atoms with E-state index in [-0.39, 0.29) is 5.78 Å². The first-order valence-corrected chi connectivity index (χ1v) is 7.60. The molecule has 0 unspecified atom stereocenters. The minimum absolute atomic E-state index is 0.277. The molecule has 1 aromatic rings. The lowest BCUT2D eigenvalue weighted by molar-refractivity contribution is -0.147. The first-order valence-electron chi connectivity index (χ1n) is 7.60. The van der Waals surface area contributed by atoms with Crippen molar-refractivity contribution in [1.82, 2.24) is 0 Å². The first-order chi connectivity index (χ1) is 9.47. The quantitative estimate of drug-likeness (QED) is 0.805. The van der Waals surface area contributed by atoms with Crippen molar-refractivity contribution in [2.45, 2.75) is 58.0 Å². The molecule has 1 saturated carbocycles. The van der Waals surface area contributed by atoms with Crippen LogP contribution in [-0.2, 0) is 16.0 Å². The monoisotopic (exact) mass is 274 g/mol. The van der Waals surface area contributed by atoms with Crippen LogP contribution in [0, 0.1) is 5.41 Å². The van der Waals surface area contributed by atoms with Crippen molar-refractivity contribution in [3.8, 4) is 0 Å². The first kappa shape index (κ1) is 15.2. The molecule has 1 aliphatic carbocycles. The third-order valence-electron chi connectivity index (χ3n) is 4.79. The summed E-state index contributed by atoms with van der Waals surface area (Å²) in [5.41, 5.74) is 1.05. The summed E-state index contributed by atoms with van der Waals surface area (Å²) in [5.74, 6) is 0.277. The average Bonchev–Trinajstić information content (AvgIpc) is 2.46. The van der Waals surface area contributed by atoms with Crippen LogP contribution in [0.1, 0.15) is 51.5 Å². The van der Waals surface area contributed by atoms with Gasteiger partial charge in [-0.15, -0.1) is 0 Å². The van der Waals surface area contributed by atoms with E-state index >= 15 is 0 Å². The second kappa shape index (κ2) is 6.09. The number of Topliss-reactive ketones (excluding diaryl/α,β-unsaturated/α-hetero) is 1. The van der Waals surface area contributed by atoms with Gasteiger partial charge in [-0.1, -0.05) is 44.2 Å². The topological polar surface area (TPSA) is 26.3 Å². The van der Waals surface area contributed by atoms with Crippen molar-refractivity contribution in [3.63, 3.8) is 0 Å². The molecule has 2 nitrogen and oxygen atoms in total. The SMILES string of the molecule is COC1(C(=O)CCc2ccccc2)CCC(C)(C)CC1. The summed E-state index contributed by atoms with van der Waals surface area (Å²) in [4.78, 5) is 12.6. The maximum absolute atomic E-state index is 12.6. The molecule has 2 rings (SSSR count). The van der Waals surface area contributed by atoms with Crippen molar-refractivity contribution in [1.29, 1.82) is 0 Å². The standard InChI is InChI=1S/C18H26O2/c1-17(2)11-13-18(20-3,14-12-17)16(19)10-9-15-7-5-4-6-8-15/h4-8H,9-14H2,1-3H3. The largest absolute Gasteiger partial charge is 0.370 e. The highest BCUT2D eigenvalue weighted by molar-refractivity contribution is 5.87. The fourth-order valence-electron chi connectivity index (χ4n) is 3.06. The van der Waals surface area contributed by atoms with E-state index in [1.54, 1.807) is 7.11 Å². The summed E-state index contributed by atoms with van der Waals surface area (Å²) < 4.78 is 5.67. The van der Waals surface area contributed by atoms with Crippen LogP contribution in [0.5, 0.6) is 0 Å². The number of ketones is 1. The fraction of sp³-hybridized carbons (Fsp3) is 0.611. The van der Waals surface area contributed by atoms with Crippen LogP contribution in [0.2, 0.25) is 0 Å². The normalized spacial score (nSPS) is 20.6. The molecule has 0 aliphatic heterocycles. The number of carbonyl (C=O) groups excluding carboxylic acids is 1. The van der Waals surface area contributed by atoms with Crippen LogP contribution in [0.3, 0.4) is 0 Å². The summed E-state index contributed by atoms with van der Waals surface area (Å²) in [5, 5.41) is 0. The number of aryl methyl sites for hydroxylation is 1. The van der Waals surface area contributed by atoms with Gasteiger partial charge in [-0.2, -0.15) is 0 Å². The highest BCUT2D eigenvalue weighted by Crippen LogP contribution is 2.42. The molecule has 0 N–H and O–H groups in total. The molecule has 110 valence electrons. The summed E-state index contributed by atoms with van der Waals surface area (Å²) in [6.45, 7) is 4.56. The van der Waals surface area contributed by atoms with Gasteiger partial charge in [0, 0.05) is 13.5 Å². The molecular weight excluding hydrogens is 248 g/mol. The number of hydrogen-bond donors (Lipinski definition) is 0. The number of ether oxygens (including phenoxy) is 1. The van der Waals surface area contributed by atoms with E-state index in [2.05, 4.69) is 26.0 Å². The van der Waals surface area contributed by atoms with Crippen molar-refractivity contribution in [2.24, 2.45) is 5.41 Å². The van der Waals surface area contributed by atoms with E-state index in [0.29, 0.717) is 11.8 Å². The van der Waals surface area contributed by atoms with Crippen molar-refractivity contribution >= 4 is 5.78 Å². The summed E-state index contributed by atoms with van der Waals surface area (Å²) in [6.07, 6.45) is 5.26. The highest BCUT2D eigenvalue weighted by Gasteiger charge is 2.43. The molecule has 0 saturated heterocycles. The van der Waals surface area contributed by atoms with Crippen LogP contribution < -0.4 is 0 Å². The van der Waals surface area contributed by atoms with Gasteiger partial charge in [0.25, 0.3) is 0 Å². The molecule has 0 atom stereocenters. The van der Waals surface area contributed by atoms with Crippen LogP contribution in [0.4, 0.5) is 0 Å². The summed E-state index contributed by atoms with van der Waals surface area (Å²) >= 11 is 0. The van der Waals surface area contributed by atoms with Gasteiger partial charge in [-0.3, -0.25) is 4.79 Å². The lowest BCUT2D eigenvalue weighted by atomic mass is 9.69. The second-order valence-electron chi connectivity index (χ2n) is 6.77. The fourth-order valence-corrected chi connectivity index (χ4v) is 3.06. The molecule has 1 fully saturated rings. The van der Waals surface area contributed by atoms with E-state index < -0.39 is 5.60 Å². The van der Waals surface area contributed by atoms with E-state index in [0.717, 1.165) is 32.1 Å². The lowest BCUT2D eigenvalue weighted by Gasteiger charge is -2.41. The van der Waals surface area contributed by atoms with Gasteiger partial charge >= 0.3 is 0 Å². The maximum atomic E-state index is 12.6. The van der Waals surface area contributed by atoms with Crippen LogP contribution >= 0.6 is 0 Å². The van der Waals surface area contributed by atoms with Crippen LogP contribution in [-0.4, -0.2) is 18.5 Å². The van der Waals surface area contributed by atoms with E-state index in [4.69, 9.17) is 4.74 Å². The molecule has 0 aromatic heterocycles. The van der Waals surface area contributed by atoms with Gasteiger partial charge in [0.2, 0.25) is 0 Å². The van der Waals surface area contributed by atoms with Crippen LogP contribution in [0.15, 0.2) is 30.3 Å². The maximum Gasteiger partial charge on any atom is 0.164 e. The van der Waals surface area contributed by atoms with E-state index in [9.17, 15) is 4.79 Å². The Hall–Kier alpha value is -1.15. The molecule has 2 heteroatoms. The Bertz CT molecular complexity index is 438. The van der Waals surface area contributed by atoms with Gasteiger partial charge in [-0.05, 0) is 43.1 Å². The van der Waals surface area contributed by atoms with Crippen molar-refractivity contribution < 1.29 is 9.53 Å². The predicted molar refractivity (Wildman–Crippen MR) is 81.8 cm³/mol. The zero-order chi connectivity index (χ0) is 14.6. The lowest BCUT2D eigenvalue weighted by Crippen LogP contribution is -2.45. The predicted octanol–water partition coefficient (Wildman–Crippen LogP) is 4.17. The molecule has 20 heavy (non-hydrogen) atoms. The number of carbonyl (C=O) groups is 1. The smallest absolute Gasteiger partial charge is 0.164 e. The number of methoxy groups -OCH3 is 1. The summed E-state index contributed by atoms with van der Waals surface area (Å²) in [7, 11) is 1.69. The van der Waals surface area contributed by atoms with Gasteiger partial charge in [-0.25, -0.2) is 0 Å². The zero-order valence-corrected chi connectivity index (χ0v) is 12.9. The average molecular weight is 274 g/mol. The van der Waals surface area contributed by atoms with Gasteiger partial charge in [0.1, 0.15) is 5.60 Å². The number of rotatable bonds is 5. The Kier molecular flexibility index (Phi) is 4.64. The molecule has 0 bridgehead atoms. The van der Waals surface area contributed by atoms with Gasteiger partial charge in [0.15, 0.2) is 5.78 Å². The van der Waals surface area contributed by atoms with Crippen LogP contribution in [0.25, 0.3) is 0 Å². The molecule has 1 aliphatic rings. The minimum atomic E-state index is -0.524. The Morgan fingerprint density at radius 2 is 1.70 bits per heavy atom. The van der Waals surface area contributed by atoms with E-state index in [1.807, 2.05) is 18.2 Å². The third kappa shape index (κ3) is 3.49. The van der Waals surface area contributed by atoms with Gasteiger partial charge in [0.05, 0.1) is 0 Å². The third-order valence-corrected chi connectivity index (χ3v) is 4.79. The zero-order valence-electron chi connectivity index (χ0n) is 12.9. The number of benzene rings is 1. The minimum Gasteiger partial charge on any atom is -0.370 e. The molecule has 0 heterocycles. The Morgan fingerprint density at radius 1 is 1.10 bits per heavy atom. The molecular formula is C18H26O2. The Morgan fingerprint density at radius 3 is 2.25 bits per heavy atom.